The molecular formula is C20H32O2. The van der Waals surface area contributed by atoms with E-state index in [0.29, 0.717) is 18.4 Å². The molecule has 0 saturated heterocycles. The summed E-state index contributed by atoms with van der Waals surface area (Å²) in [5, 5.41) is 9.97. The van der Waals surface area contributed by atoms with Gasteiger partial charge in [-0.1, -0.05) is 38.0 Å². The van der Waals surface area contributed by atoms with Crippen LogP contribution >= 0.6 is 0 Å². The highest BCUT2D eigenvalue weighted by molar-refractivity contribution is 5.65. The van der Waals surface area contributed by atoms with Crippen molar-refractivity contribution in [2.24, 2.45) is 22.7 Å². The van der Waals surface area contributed by atoms with Crippen LogP contribution in [0.2, 0.25) is 0 Å². The first-order valence-electron chi connectivity index (χ1n) is 8.77. The monoisotopic (exact) mass is 304 g/mol. The fourth-order valence-electron chi connectivity index (χ4n) is 5.38. The van der Waals surface area contributed by atoms with Gasteiger partial charge in [-0.25, -0.2) is 0 Å². The number of hydrogen-bond acceptors (Lipinski definition) is 2. The lowest BCUT2D eigenvalue weighted by molar-refractivity contribution is -0.104. The molecule has 2 nitrogen and oxygen atoms in total. The lowest BCUT2D eigenvalue weighted by Gasteiger charge is -2.58. The molecule has 1 N–H and O–H groups in total. The van der Waals surface area contributed by atoms with Gasteiger partial charge in [0.25, 0.3) is 0 Å². The molecule has 0 unspecified atom stereocenters. The Bertz CT molecular complexity index is 464. The van der Waals surface area contributed by atoms with Crippen LogP contribution in [-0.2, 0) is 4.79 Å². The molecule has 2 saturated carbocycles. The zero-order chi connectivity index (χ0) is 16.4. The van der Waals surface area contributed by atoms with Crippen LogP contribution in [0.3, 0.4) is 0 Å². The molecule has 0 heterocycles. The number of carbonyl (C=O) groups is 1. The number of allylic oxidation sites excluding steroid dienone is 3. The number of aliphatic hydroxyl groups excluding tert-OH is 1. The predicted molar refractivity (Wildman–Crippen MR) is 91.6 cm³/mol. The van der Waals surface area contributed by atoms with E-state index >= 15 is 0 Å². The molecule has 0 radical (unpaired) electrons. The quantitative estimate of drug-likeness (QED) is 0.455. The normalized spacial score (nSPS) is 39.5. The summed E-state index contributed by atoms with van der Waals surface area (Å²) in [5.41, 5.74) is 2.88. The Morgan fingerprint density at radius 3 is 2.77 bits per heavy atom. The van der Waals surface area contributed by atoms with Crippen LogP contribution in [-0.4, -0.2) is 18.0 Å². The van der Waals surface area contributed by atoms with E-state index in [1.165, 1.54) is 24.8 Å². The van der Waals surface area contributed by atoms with Crippen LogP contribution < -0.4 is 0 Å². The standard InChI is InChI=1S/C20H32O2/c1-15(10-13-21)6-8-17-16(2)7-9-18-19(3,14-22)11-5-12-20(17,18)4/h10,13,17-18,22H,2,5-9,11-12,14H2,1,3-4H3/b15-10-/t17-,18+,19+,20+/m0/s1. The van der Waals surface area contributed by atoms with Gasteiger partial charge < -0.3 is 5.11 Å². The fourth-order valence-corrected chi connectivity index (χ4v) is 5.38. The Morgan fingerprint density at radius 1 is 1.41 bits per heavy atom. The Kier molecular flexibility index (Phi) is 5.32. The number of aldehydes is 1. The third kappa shape index (κ3) is 3.08. The van der Waals surface area contributed by atoms with Crippen molar-refractivity contribution in [3.8, 4) is 0 Å². The SMILES string of the molecule is C=C1CC[C@@H]2[C@@](C)(CO)CCC[C@]2(C)[C@H]1CC/C(C)=C\C=O. The Hall–Kier alpha value is -0.890. The molecule has 0 amide bonds. The minimum atomic E-state index is 0.0691. The number of rotatable bonds is 5. The summed E-state index contributed by atoms with van der Waals surface area (Å²) in [6, 6.07) is 0. The van der Waals surface area contributed by atoms with Crippen molar-refractivity contribution in [3.63, 3.8) is 0 Å². The maximum Gasteiger partial charge on any atom is 0.142 e. The van der Waals surface area contributed by atoms with Gasteiger partial charge in [0, 0.05) is 6.61 Å². The van der Waals surface area contributed by atoms with Crippen molar-refractivity contribution < 1.29 is 9.90 Å². The van der Waals surface area contributed by atoms with Crippen LogP contribution in [0.5, 0.6) is 0 Å². The highest BCUT2D eigenvalue weighted by Gasteiger charge is 2.53. The van der Waals surface area contributed by atoms with Crippen LogP contribution in [0.4, 0.5) is 0 Å². The van der Waals surface area contributed by atoms with Gasteiger partial charge in [0.1, 0.15) is 6.29 Å². The van der Waals surface area contributed by atoms with Gasteiger partial charge in [0.2, 0.25) is 0 Å². The number of aliphatic hydroxyl groups is 1. The second-order valence-electron chi connectivity index (χ2n) is 8.16. The third-order valence-corrected chi connectivity index (χ3v) is 6.68. The van der Waals surface area contributed by atoms with E-state index in [9.17, 15) is 9.90 Å². The molecule has 0 aliphatic heterocycles. The van der Waals surface area contributed by atoms with E-state index in [0.717, 1.165) is 37.5 Å². The maximum atomic E-state index is 10.6. The van der Waals surface area contributed by atoms with Crippen molar-refractivity contribution in [2.75, 3.05) is 6.61 Å². The van der Waals surface area contributed by atoms with Gasteiger partial charge in [-0.05, 0) is 74.2 Å². The van der Waals surface area contributed by atoms with Crippen molar-refractivity contribution in [3.05, 3.63) is 23.8 Å². The molecule has 2 heteroatoms. The van der Waals surface area contributed by atoms with Crippen LogP contribution in [0.25, 0.3) is 0 Å². The summed E-state index contributed by atoms with van der Waals surface area (Å²) in [5.74, 6) is 1.11. The molecular weight excluding hydrogens is 272 g/mol. The first-order valence-corrected chi connectivity index (χ1v) is 8.77. The summed E-state index contributed by atoms with van der Waals surface area (Å²) in [6.07, 6.45) is 10.5. The Labute approximate surface area is 135 Å². The van der Waals surface area contributed by atoms with Crippen molar-refractivity contribution in [2.45, 2.75) is 65.7 Å². The summed E-state index contributed by atoms with van der Waals surface area (Å²) in [7, 11) is 0. The van der Waals surface area contributed by atoms with E-state index in [1.807, 2.05) is 6.92 Å². The highest BCUT2D eigenvalue weighted by atomic mass is 16.3. The van der Waals surface area contributed by atoms with Gasteiger partial charge >= 0.3 is 0 Å². The first-order chi connectivity index (χ1) is 10.4. The molecule has 4 atom stereocenters. The average Bonchev–Trinajstić information content (AvgIpc) is 2.46. The average molecular weight is 304 g/mol. The molecule has 2 fully saturated rings. The largest absolute Gasteiger partial charge is 0.396 e. The summed E-state index contributed by atoms with van der Waals surface area (Å²) in [4.78, 5) is 10.6. The molecule has 22 heavy (non-hydrogen) atoms. The van der Waals surface area contributed by atoms with E-state index in [1.54, 1.807) is 6.08 Å². The molecule has 0 spiro atoms. The van der Waals surface area contributed by atoms with Gasteiger partial charge in [0.15, 0.2) is 0 Å². The van der Waals surface area contributed by atoms with Crippen molar-refractivity contribution in [1.29, 1.82) is 0 Å². The lowest BCUT2D eigenvalue weighted by atomic mass is 9.47. The molecule has 0 aromatic carbocycles. The topological polar surface area (TPSA) is 37.3 Å². The minimum Gasteiger partial charge on any atom is -0.396 e. The zero-order valence-electron chi connectivity index (χ0n) is 14.5. The van der Waals surface area contributed by atoms with Crippen molar-refractivity contribution >= 4 is 6.29 Å². The van der Waals surface area contributed by atoms with Crippen LogP contribution in [0.1, 0.15) is 65.7 Å². The molecule has 0 bridgehead atoms. The smallest absolute Gasteiger partial charge is 0.142 e. The Morgan fingerprint density at radius 2 is 2.14 bits per heavy atom. The Balaban J connectivity index is 2.22. The highest BCUT2D eigenvalue weighted by Crippen LogP contribution is 2.61. The van der Waals surface area contributed by atoms with Gasteiger partial charge in [-0.2, -0.15) is 0 Å². The van der Waals surface area contributed by atoms with Crippen molar-refractivity contribution in [1.82, 2.24) is 0 Å². The molecule has 124 valence electrons. The minimum absolute atomic E-state index is 0.0691. The molecule has 2 rings (SSSR count). The van der Waals surface area contributed by atoms with E-state index < -0.39 is 0 Å². The predicted octanol–water partition coefficient (Wildman–Crippen LogP) is 4.68. The molecule has 2 aliphatic carbocycles. The summed E-state index contributed by atoms with van der Waals surface area (Å²) >= 11 is 0. The van der Waals surface area contributed by atoms with Gasteiger partial charge in [0.05, 0.1) is 0 Å². The summed E-state index contributed by atoms with van der Waals surface area (Å²) in [6.45, 7) is 11.4. The molecule has 0 aromatic heterocycles. The van der Waals surface area contributed by atoms with Crippen LogP contribution in [0, 0.1) is 22.7 Å². The summed E-state index contributed by atoms with van der Waals surface area (Å²) < 4.78 is 0. The number of hydrogen-bond donors (Lipinski definition) is 1. The van der Waals surface area contributed by atoms with E-state index in [-0.39, 0.29) is 10.8 Å². The number of fused-ring (bicyclic) bond motifs is 1. The van der Waals surface area contributed by atoms with Crippen LogP contribution in [0.15, 0.2) is 23.8 Å². The van der Waals surface area contributed by atoms with Gasteiger partial charge in [-0.3, -0.25) is 4.79 Å². The van der Waals surface area contributed by atoms with Gasteiger partial charge in [-0.15, -0.1) is 0 Å². The first kappa shape index (κ1) is 17.5. The number of carbonyl (C=O) groups excluding carboxylic acids is 1. The second kappa shape index (κ2) is 6.70. The second-order valence-corrected chi connectivity index (χ2v) is 8.16. The molecule has 0 aromatic rings. The fraction of sp³-hybridized carbons (Fsp3) is 0.750. The zero-order valence-corrected chi connectivity index (χ0v) is 14.5. The third-order valence-electron chi connectivity index (χ3n) is 6.68. The lowest BCUT2D eigenvalue weighted by Crippen LogP contribution is -2.51. The van der Waals surface area contributed by atoms with E-state index in [2.05, 4.69) is 20.4 Å². The molecule has 2 aliphatic rings. The maximum absolute atomic E-state index is 10.6. The van der Waals surface area contributed by atoms with E-state index in [4.69, 9.17) is 0 Å².